The van der Waals surface area contributed by atoms with Gasteiger partial charge in [-0.15, -0.1) is 0 Å². The van der Waals surface area contributed by atoms with E-state index in [4.69, 9.17) is 4.74 Å². The van der Waals surface area contributed by atoms with Crippen LogP contribution in [0.2, 0.25) is 0 Å². The molecule has 0 aliphatic heterocycles. The number of rotatable bonds is 3. The fourth-order valence-corrected chi connectivity index (χ4v) is 0.890. The molecule has 1 aromatic heterocycles. The normalized spacial score (nSPS) is 11.4. The summed E-state index contributed by atoms with van der Waals surface area (Å²) in [6.45, 7) is -4.80. The molecule has 0 amide bonds. The van der Waals surface area contributed by atoms with E-state index in [1.54, 1.807) is 0 Å². The van der Waals surface area contributed by atoms with Crippen LogP contribution in [-0.4, -0.2) is 19.1 Å². The number of pyridine rings is 1. The van der Waals surface area contributed by atoms with Gasteiger partial charge in [0.1, 0.15) is 5.75 Å². The molecule has 0 aliphatic rings. The number of hydrogen-bond acceptors (Lipinski definition) is 2. The monoisotopic (exact) mass is 190 g/mol. The van der Waals surface area contributed by atoms with Gasteiger partial charge in [-0.05, 0) is 18.5 Å². The maximum Gasteiger partial charge on any atom is 0.484 e. The number of hydrogen-bond donors (Lipinski definition) is 0. The SMILES string of the molecule is COc1ccc(C[B-](F)(F)F)nc1. The first-order chi connectivity index (χ1) is 6.01. The lowest BCUT2D eigenvalue weighted by atomic mass is 9.84. The number of halogens is 3. The summed E-state index contributed by atoms with van der Waals surface area (Å²) in [5, 5.41) is 0. The zero-order valence-electron chi connectivity index (χ0n) is 7.01. The van der Waals surface area contributed by atoms with Crippen molar-refractivity contribution in [3.05, 3.63) is 24.0 Å². The second-order valence-electron chi connectivity index (χ2n) is 2.60. The second-order valence-corrected chi connectivity index (χ2v) is 2.60. The summed E-state index contributed by atoms with van der Waals surface area (Å²) in [7, 11) is 1.43. The molecular formula is C7H8BF3NO-. The van der Waals surface area contributed by atoms with Crippen molar-refractivity contribution < 1.29 is 17.7 Å². The Morgan fingerprint density at radius 3 is 2.46 bits per heavy atom. The highest BCUT2D eigenvalue weighted by Crippen LogP contribution is 2.16. The highest BCUT2D eigenvalue weighted by molar-refractivity contribution is 6.57. The van der Waals surface area contributed by atoms with Gasteiger partial charge in [0.05, 0.1) is 13.3 Å². The van der Waals surface area contributed by atoms with Crippen LogP contribution >= 0.6 is 0 Å². The lowest BCUT2D eigenvalue weighted by Gasteiger charge is -2.12. The van der Waals surface area contributed by atoms with E-state index in [1.165, 1.54) is 25.4 Å². The molecule has 72 valence electrons. The fourth-order valence-electron chi connectivity index (χ4n) is 0.890. The predicted molar refractivity (Wildman–Crippen MR) is 43.6 cm³/mol. The third kappa shape index (κ3) is 3.35. The first-order valence-electron chi connectivity index (χ1n) is 3.71. The highest BCUT2D eigenvalue weighted by Gasteiger charge is 2.23. The van der Waals surface area contributed by atoms with Crippen molar-refractivity contribution in [3.8, 4) is 5.75 Å². The van der Waals surface area contributed by atoms with E-state index in [1.807, 2.05) is 0 Å². The van der Waals surface area contributed by atoms with Crippen LogP contribution < -0.4 is 4.74 Å². The van der Waals surface area contributed by atoms with Crippen LogP contribution in [0, 0.1) is 0 Å². The molecule has 1 rings (SSSR count). The van der Waals surface area contributed by atoms with Gasteiger partial charge in [-0.2, -0.15) is 0 Å². The summed E-state index contributed by atoms with van der Waals surface area (Å²) >= 11 is 0. The number of nitrogens with zero attached hydrogens (tertiary/aromatic N) is 1. The van der Waals surface area contributed by atoms with Gasteiger partial charge in [-0.3, -0.25) is 4.98 Å². The molecule has 0 spiro atoms. The third-order valence-electron chi connectivity index (χ3n) is 1.47. The van der Waals surface area contributed by atoms with Gasteiger partial charge in [0.15, 0.2) is 0 Å². The standard InChI is InChI=1S/C7H8BF3NO/c1-13-7-3-2-6(12-5-7)4-8(9,10)11/h2-3,5H,4H2,1H3/q-1. The Kier molecular flexibility index (Phi) is 2.80. The van der Waals surface area contributed by atoms with Crippen LogP contribution in [0.25, 0.3) is 0 Å². The molecule has 0 atom stereocenters. The molecule has 0 radical (unpaired) electrons. The molecule has 2 nitrogen and oxygen atoms in total. The van der Waals surface area contributed by atoms with Crippen molar-refractivity contribution in [1.82, 2.24) is 4.98 Å². The van der Waals surface area contributed by atoms with Crippen molar-refractivity contribution in [2.45, 2.75) is 6.32 Å². The fraction of sp³-hybridized carbons (Fsp3) is 0.286. The minimum atomic E-state index is -4.80. The highest BCUT2D eigenvalue weighted by atomic mass is 19.4. The van der Waals surface area contributed by atoms with Crippen LogP contribution in [0.3, 0.4) is 0 Å². The van der Waals surface area contributed by atoms with Crippen molar-refractivity contribution in [3.63, 3.8) is 0 Å². The Bertz CT molecular complexity index is 272. The Labute approximate surface area is 73.8 Å². The van der Waals surface area contributed by atoms with E-state index in [0.29, 0.717) is 5.75 Å². The summed E-state index contributed by atoms with van der Waals surface area (Å²) in [5.41, 5.74) is 0.0216. The summed E-state index contributed by atoms with van der Waals surface area (Å²) in [4.78, 5) is 3.61. The molecule has 0 aromatic carbocycles. The van der Waals surface area contributed by atoms with E-state index in [9.17, 15) is 12.9 Å². The largest absolute Gasteiger partial charge is 0.495 e. The average Bonchev–Trinajstić information content (AvgIpc) is 2.03. The molecule has 0 bridgehead atoms. The lowest BCUT2D eigenvalue weighted by molar-refractivity contribution is 0.412. The molecule has 1 heterocycles. The molecule has 0 N–H and O–H groups in total. The minimum Gasteiger partial charge on any atom is -0.495 e. The average molecular weight is 190 g/mol. The lowest BCUT2D eigenvalue weighted by Crippen LogP contribution is -2.19. The van der Waals surface area contributed by atoms with Gasteiger partial charge < -0.3 is 17.7 Å². The Balaban J connectivity index is 2.70. The second kappa shape index (κ2) is 3.68. The van der Waals surface area contributed by atoms with Crippen molar-refractivity contribution in [2.24, 2.45) is 0 Å². The van der Waals surface area contributed by atoms with Gasteiger partial charge in [-0.1, -0.05) is 0 Å². The molecule has 13 heavy (non-hydrogen) atoms. The maximum absolute atomic E-state index is 11.9. The number of methoxy groups -OCH3 is 1. The van der Waals surface area contributed by atoms with Gasteiger partial charge in [-0.25, -0.2) is 0 Å². The van der Waals surface area contributed by atoms with Gasteiger partial charge in [0, 0.05) is 5.69 Å². The van der Waals surface area contributed by atoms with Crippen molar-refractivity contribution >= 4 is 6.98 Å². The summed E-state index contributed by atoms with van der Waals surface area (Å²) in [6.07, 6.45) is 0.334. The Morgan fingerprint density at radius 2 is 2.08 bits per heavy atom. The van der Waals surface area contributed by atoms with E-state index < -0.39 is 13.3 Å². The van der Waals surface area contributed by atoms with Gasteiger partial charge in [0.25, 0.3) is 0 Å². The van der Waals surface area contributed by atoms with Gasteiger partial charge >= 0.3 is 6.98 Å². The number of aromatic nitrogens is 1. The summed E-state index contributed by atoms with van der Waals surface area (Å²) in [5.74, 6) is 0.457. The Hall–Kier alpha value is -1.20. The van der Waals surface area contributed by atoms with Crippen molar-refractivity contribution in [1.29, 1.82) is 0 Å². The van der Waals surface area contributed by atoms with Crippen LogP contribution in [0.5, 0.6) is 5.75 Å². The van der Waals surface area contributed by atoms with Crippen LogP contribution in [0.4, 0.5) is 12.9 Å². The summed E-state index contributed by atoms with van der Waals surface area (Å²) < 4.78 is 40.5. The van der Waals surface area contributed by atoms with E-state index >= 15 is 0 Å². The van der Waals surface area contributed by atoms with Crippen molar-refractivity contribution in [2.75, 3.05) is 7.11 Å². The first kappa shape index (κ1) is 9.89. The topological polar surface area (TPSA) is 22.1 Å². The first-order valence-corrected chi connectivity index (χ1v) is 3.71. The molecular weight excluding hydrogens is 182 g/mol. The third-order valence-corrected chi connectivity index (χ3v) is 1.47. The van der Waals surface area contributed by atoms with E-state index in [2.05, 4.69) is 4.98 Å². The Morgan fingerprint density at radius 1 is 1.38 bits per heavy atom. The van der Waals surface area contributed by atoms with E-state index in [-0.39, 0.29) is 5.69 Å². The molecule has 6 heteroatoms. The maximum atomic E-state index is 11.9. The molecule has 0 unspecified atom stereocenters. The molecule has 0 aliphatic carbocycles. The van der Waals surface area contributed by atoms with Crippen LogP contribution in [0.1, 0.15) is 5.69 Å². The molecule has 0 saturated carbocycles. The zero-order chi connectivity index (χ0) is 9.90. The summed E-state index contributed by atoms with van der Waals surface area (Å²) in [6, 6.07) is 2.78. The van der Waals surface area contributed by atoms with E-state index in [0.717, 1.165) is 0 Å². The van der Waals surface area contributed by atoms with Crippen LogP contribution in [-0.2, 0) is 6.32 Å². The zero-order valence-corrected chi connectivity index (χ0v) is 7.01. The molecule has 0 saturated heterocycles. The predicted octanol–water partition coefficient (Wildman–Crippen LogP) is 2.02. The minimum absolute atomic E-state index is 0.0216. The van der Waals surface area contributed by atoms with Gasteiger partial charge in [0.2, 0.25) is 0 Å². The van der Waals surface area contributed by atoms with Crippen LogP contribution in [0.15, 0.2) is 18.3 Å². The quantitative estimate of drug-likeness (QED) is 0.680. The number of ether oxygens (including phenoxy) is 1. The molecule has 1 aromatic rings. The smallest absolute Gasteiger partial charge is 0.484 e. The molecule has 0 fully saturated rings.